The van der Waals surface area contributed by atoms with Crippen molar-refractivity contribution in [3.63, 3.8) is 0 Å². The number of amides is 1. The molecule has 0 fully saturated rings. The SMILES string of the molecule is CN(C)CCCNC(=O)c1ccnc(Nc2ccc(F)c(Cl)c2)n1. The summed E-state index contributed by atoms with van der Waals surface area (Å²) in [6.07, 6.45) is 2.33. The van der Waals surface area contributed by atoms with E-state index in [1.54, 1.807) is 0 Å². The molecule has 8 heteroatoms. The Hall–Kier alpha value is -2.25. The van der Waals surface area contributed by atoms with E-state index in [1.807, 2.05) is 19.0 Å². The van der Waals surface area contributed by atoms with Crippen molar-refractivity contribution in [3.8, 4) is 0 Å². The van der Waals surface area contributed by atoms with Gasteiger partial charge in [0.05, 0.1) is 5.02 Å². The smallest absolute Gasteiger partial charge is 0.270 e. The maximum Gasteiger partial charge on any atom is 0.270 e. The number of nitrogens with zero attached hydrogens (tertiary/aromatic N) is 3. The molecule has 1 aromatic carbocycles. The molecule has 0 atom stereocenters. The first-order chi connectivity index (χ1) is 11.5. The summed E-state index contributed by atoms with van der Waals surface area (Å²) in [6, 6.07) is 5.71. The summed E-state index contributed by atoms with van der Waals surface area (Å²) in [6.45, 7) is 1.46. The number of hydrogen-bond donors (Lipinski definition) is 2. The first-order valence-electron chi connectivity index (χ1n) is 7.44. The van der Waals surface area contributed by atoms with Gasteiger partial charge in [-0.25, -0.2) is 14.4 Å². The summed E-state index contributed by atoms with van der Waals surface area (Å²) in [5, 5.41) is 5.69. The summed E-state index contributed by atoms with van der Waals surface area (Å²) >= 11 is 5.73. The minimum absolute atomic E-state index is 0.00482. The van der Waals surface area contributed by atoms with Crippen molar-refractivity contribution in [2.75, 3.05) is 32.5 Å². The standard InChI is InChI=1S/C16H19ClFN5O/c1-23(2)9-3-7-19-15(24)14-6-8-20-16(22-14)21-11-4-5-13(18)12(17)10-11/h4-6,8,10H,3,7,9H2,1-2H3,(H,19,24)(H,20,21,22). The fourth-order valence-electron chi connectivity index (χ4n) is 1.94. The van der Waals surface area contributed by atoms with Crippen molar-refractivity contribution in [2.45, 2.75) is 6.42 Å². The number of rotatable bonds is 7. The van der Waals surface area contributed by atoms with Gasteiger partial charge in [-0.1, -0.05) is 11.6 Å². The van der Waals surface area contributed by atoms with Gasteiger partial charge >= 0.3 is 0 Å². The normalized spacial score (nSPS) is 10.7. The molecule has 6 nitrogen and oxygen atoms in total. The Labute approximate surface area is 145 Å². The number of nitrogens with one attached hydrogen (secondary N) is 2. The molecule has 0 radical (unpaired) electrons. The predicted molar refractivity (Wildman–Crippen MR) is 92.2 cm³/mol. The van der Waals surface area contributed by atoms with Crippen LogP contribution >= 0.6 is 11.6 Å². The van der Waals surface area contributed by atoms with Crippen LogP contribution in [-0.4, -0.2) is 48.0 Å². The Morgan fingerprint density at radius 2 is 2.12 bits per heavy atom. The van der Waals surface area contributed by atoms with Crippen LogP contribution in [0.15, 0.2) is 30.5 Å². The molecule has 2 aromatic rings. The fourth-order valence-corrected chi connectivity index (χ4v) is 2.12. The highest BCUT2D eigenvalue weighted by Gasteiger charge is 2.09. The lowest BCUT2D eigenvalue weighted by Crippen LogP contribution is -2.28. The third-order valence-electron chi connectivity index (χ3n) is 3.13. The van der Waals surface area contributed by atoms with Crippen LogP contribution < -0.4 is 10.6 Å². The molecule has 0 saturated heterocycles. The van der Waals surface area contributed by atoms with Crippen molar-refractivity contribution >= 4 is 29.1 Å². The molecule has 0 spiro atoms. The first kappa shape index (κ1) is 18.1. The van der Waals surface area contributed by atoms with Gasteiger partial charge in [0.2, 0.25) is 5.95 Å². The molecular formula is C16H19ClFN5O. The van der Waals surface area contributed by atoms with Crippen LogP contribution in [0.5, 0.6) is 0 Å². The van der Waals surface area contributed by atoms with Gasteiger partial charge < -0.3 is 15.5 Å². The van der Waals surface area contributed by atoms with E-state index < -0.39 is 5.82 Å². The molecule has 1 aromatic heterocycles. The van der Waals surface area contributed by atoms with E-state index in [-0.39, 0.29) is 22.6 Å². The van der Waals surface area contributed by atoms with Gasteiger partial charge in [-0.15, -0.1) is 0 Å². The number of benzene rings is 1. The van der Waals surface area contributed by atoms with Gasteiger partial charge in [0.15, 0.2) is 0 Å². The van der Waals surface area contributed by atoms with E-state index in [9.17, 15) is 9.18 Å². The largest absolute Gasteiger partial charge is 0.351 e. The lowest BCUT2D eigenvalue weighted by molar-refractivity contribution is 0.0947. The van der Waals surface area contributed by atoms with Crippen molar-refractivity contribution in [3.05, 3.63) is 47.0 Å². The van der Waals surface area contributed by atoms with Crippen LogP contribution in [0.4, 0.5) is 16.0 Å². The highest BCUT2D eigenvalue weighted by Crippen LogP contribution is 2.21. The number of hydrogen-bond acceptors (Lipinski definition) is 5. The number of anilines is 2. The number of halogens is 2. The van der Waals surface area contributed by atoms with E-state index in [1.165, 1.54) is 30.5 Å². The van der Waals surface area contributed by atoms with Gasteiger partial charge in [0.1, 0.15) is 11.5 Å². The summed E-state index contributed by atoms with van der Waals surface area (Å²) in [4.78, 5) is 22.3. The topological polar surface area (TPSA) is 70.2 Å². The lowest BCUT2D eigenvalue weighted by atomic mass is 10.3. The van der Waals surface area contributed by atoms with Gasteiger partial charge in [-0.05, 0) is 51.3 Å². The second-order valence-electron chi connectivity index (χ2n) is 5.43. The van der Waals surface area contributed by atoms with Crippen LogP contribution in [0.3, 0.4) is 0 Å². The second kappa shape index (κ2) is 8.56. The zero-order valence-corrected chi connectivity index (χ0v) is 14.3. The van der Waals surface area contributed by atoms with E-state index in [2.05, 4.69) is 20.6 Å². The minimum atomic E-state index is -0.506. The maximum absolute atomic E-state index is 13.2. The molecule has 1 amide bonds. The van der Waals surface area contributed by atoms with Crippen LogP contribution in [0.2, 0.25) is 5.02 Å². The van der Waals surface area contributed by atoms with E-state index in [4.69, 9.17) is 11.6 Å². The molecule has 0 aliphatic heterocycles. The van der Waals surface area contributed by atoms with Gasteiger partial charge in [-0.3, -0.25) is 4.79 Å². The molecule has 128 valence electrons. The third kappa shape index (κ3) is 5.43. The average molecular weight is 352 g/mol. The maximum atomic E-state index is 13.2. The fraction of sp³-hybridized carbons (Fsp3) is 0.312. The average Bonchev–Trinajstić information content (AvgIpc) is 2.55. The predicted octanol–water partition coefficient (Wildman–Crippen LogP) is 2.69. The number of carbonyl (C=O) groups is 1. The van der Waals surface area contributed by atoms with Crippen molar-refractivity contribution in [2.24, 2.45) is 0 Å². The highest BCUT2D eigenvalue weighted by atomic mass is 35.5. The van der Waals surface area contributed by atoms with Crippen LogP contribution in [-0.2, 0) is 0 Å². The van der Waals surface area contributed by atoms with Crippen LogP contribution in [0.25, 0.3) is 0 Å². The summed E-state index contributed by atoms with van der Waals surface area (Å²) in [5.74, 6) is -0.538. The Bertz CT molecular complexity index is 711. The zero-order chi connectivity index (χ0) is 17.5. The van der Waals surface area contributed by atoms with Crippen molar-refractivity contribution in [1.82, 2.24) is 20.2 Å². The Morgan fingerprint density at radius 1 is 1.33 bits per heavy atom. The molecule has 1 heterocycles. The van der Waals surface area contributed by atoms with E-state index in [0.29, 0.717) is 12.2 Å². The summed E-state index contributed by atoms with van der Waals surface area (Å²) < 4.78 is 13.2. The van der Waals surface area contributed by atoms with Gasteiger partial charge in [-0.2, -0.15) is 0 Å². The molecule has 2 rings (SSSR count). The van der Waals surface area contributed by atoms with Crippen LogP contribution in [0.1, 0.15) is 16.9 Å². The minimum Gasteiger partial charge on any atom is -0.351 e. The number of aromatic nitrogens is 2. The molecule has 2 N–H and O–H groups in total. The Morgan fingerprint density at radius 3 is 2.83 bits per heavy atom. The van der Waals surface area contributed by atoms with Gasteiger partial charge in [0, 0.05) is 18.4 Å². The molecule has 0 aliphatic rings. The zero-order valence-electron chi connectivity index (χ0n) is 13.5. The first-order valence-corrected chi connectivity index (χ1v) is 7.81. The Balaban J connectivity index is 1.97. The monoisotopic (exact) mass is 351 g/mol. The summed E-state index contributed by atoms with van der Waals surface area (Å²) in [7, 11) is 3.96. The van der Waals surface area contributed by atoms with Crippen molar-refractivity contribution < 1.29 is 9.18 Å². The quantitative estimate of drug-likeness (QED) is 0.750. The van der Waals surface area contributed by atoms with E-state index in [0.717, 1.165) is 13.0 Å². The third-order valence-corrected chi connectivity index (χ3v) is 3.42. The molecule has 0 bridgehead atoms. The molecule has 24 heavy (non-hydrogen) atoms. The summed E-state index contributed by atoms with van der Waals surface area (Å²) in [5.41, 5.74) is 0.788. The van der Waals surface area contributed by atoms with Crippen molar-refractivity contribution in [1.29, 1.82) is 0 Å². The molecule has 0 unspecified atom stereocenters. The molecule has 0 saturated carbocycles. The lowest BCUT2D eigenvalue weighted by Gasteiger charge is -2.10. The number of carbonyl (C=O) groups excluding carboxylic acids is 1. The van der Waals surface area contributed by atoms with Gasteiger partial charge in [0.25, 0.3) is 5.91 Å². The second-order valence-corrected chi connectivity index (χ2v) is 5.84. The molecule has 0 aliphatic carbocycles. The molecular weight excluding hydrogens is 333 g/mol. The highest BCUT2D eigenvalue weighted by molar-refractivity contribution is 6.31. The Kier molecular flexibility index (Phi) is 6.45. The van der Waals surface area contributed by atoms with E-state index >= 15 is 0 Å². The van der Waals surface area contributed by atoms with Crippen LogP contribution in [0, 0.1) is 5.82 Å².